The van der Waals surface area contributed by atoms with Crippen molar-refractivity contribution in [3.05, 3.63) is 64.4 Å². The number of anilines is 1. The molecule has 1 aromatic heterocycles. The van der Waals surface area contributed by atoms with E-state index in [2.05, 4.69) is 14.8 Å². The number of sulfonamides is 1. The molecule has 0 spiro atoms. The molecule has 27 heavy (non-hydrogen) atoms. The number of aromatic hydroxyl groups is 1. The maximum atomic E-state index is 12.4. The van der Waals surface area contributed by atoms with Gasteiger partial charge in [0, 0.05) is 5.69 Å². The van der Waals surface area contributed by atoms with E-state index in [1.807, 2.05) is 6.92 Å². The molecule has 1 heterocycles. The van der Waals surface area contributed by atoms with Gasteiger partial charge in [-0.1, -0.05) is 29.0 Å². The van der Waals surface area contributed by atoms with Crippen LogP contribution in [0.1, 0.15) is 5.56 Å². The van der Waals surface area contributed by atoms with Crippen LogP contribution in [0.2, 0.25) is 0 Å². The van der Waals surface area contributed by atoms with E-state index in [0.29, 0.717) is 5.69 Å². The van der Waals surface area contributed by atoms with Crippen LogP contribution in [-0.2, 0) is 21.4 Å². The number of nitrogens with zero attached hydrogens (tertiary/aromatic N) is 3. The minimum atomic E-state index is -3.91. The first-order valence-corrected chi connectivity index (χ1v) is 10.1. The first kappa shape index (κ1) is 18.8. The molecule has 3 aromatic rings. The smallest absolute Gasteiger partial charge is 0.285 e. The Morgan fingerprint density at radius 1 is 1.19 bits per heavy atom. The summed E-state index contributed by atoms with van der Waals surface area (Å²) in [5.74, 6) is -0.315. The van der Waals surface area contributed by atoms with Crippen molar-refractivity contribution in [1.82, 2.24) is 9.78 Å². The van der Waals surface area contributed by atoms with E-state index in [1.165, 1.54) is 34.5 Å². The number of amides is 1. The normalized spacial score (nSPS) is 12.1. The number of benzene rings is 2. The summed E-state index contributed by atoms with van der Waals surface area (Å²) in [7, 11) is -3.91. The third-order valence-corrected chi connectivity index (χ3v) is 5.64. The molecule has 2 aromatic carbocycles. The monoisotopic (exact) mass is 404 g/mol. The molecule has 0 aliphatic carbocycles. The van der Waals surface area contributed by atoms with E-state index in [4.69, 9.17) is 0 Å². The van der Waals surface area contributed by atoms with Gasteiger partial charge in [0.1, 0.15) is 17.8 Å². The summed E-state index contributed by atoms with van der Waals surface area (Å²) in [6.07, 6.45) is 0. The molecule has 0 aliphatic rings. The molecule has 0 saturated heterocycles. The fraction of sp³-hybridized carbons (Fsp3) is 0.118. The molecular formula is C17H16N4O4S2. The molecule has 3 rings (SSSR count). The summed E-state index contributed by atoms with van der Waals surface area (Å²) in [6, 6.07) is 12.3. The number of nitrogens with one attached hydrogen (secondary N) is 1. The second kappa shape index (κ2) is 7.72. The molecule has 0 aliphatic heterocycles. The molecule has 1 amide bonds. The summed E-state index contributed by atoms with van der Waals surface area (Å²) < 4.78 is 29.9. The second-order valence-electron chi connectivity index (χ2n) is 5.65. The van der Waals surface area contributed by atoms with Crippen molar-refractivity contribution in [2.75, 3.05) is 5.32 Å². The van der Waals surface area contributed by atoms with Crippen LogP contribution >= 0.6 is 11.3 Å². The third kappa shape index (κ3) is 4.80. The number of carbonyl (C=O) groups excluding carboxylic acids is 1. The van der Waals surface area contributed by atoms with Crippen molar-refractivity contribution >= 4 is 33.0 Å². The Morgan fingerprint density at radius 2 is 1.85 bits per heavy atom. The zero-order chi connectivity index (χ0) is 19.4. The first-order valence-electron chi connectivity index (χ1n) is 7.81. The Labute approximate surface area is 159 Å². The van der Waals surface area contributed by atoms with Crippen molar-refractivity contribution in [2.45, 2.75) is 18.4 Å². The number of carbonyl (C=O) groups is 1. The Balaban J connectivity index is 1.80. The van der Waals surface area contributed by atoms with Crippen molar-refractivity contribution in [2.24, 2.45) is 4.40 Å². The molecule has 0 bridgehead atoms. The van der Waals surface area contributed by atoms with Crippen LogP contribution in [0.3, 0.4) is 0 Å². The van der Waals surface area contributed by atoms with Gasteiger partial charge in [0.2, 0.25) is 10.7 Å². The van der Waals surface area contributed by atoms with Gasteiger partial charge in [-0.15, -0.1) is 4.40 Å². The van der Waals surface area contributed by atoms with Crippen LogP contribution in [0.4, 0.5) is 5.69 Å². The van der Waals surface area contributed by atoms with E-state index in [0.717, 1.165) is 16.9 Å². The lowest BCUT2D eigenvalue weighted by atomic mass is 10.2. The minimum Gasteiger partial charge on any atom is -0.508 e. The van der Waals surface area contributed by atoms with Crippen molar-refractivity contribution in [1.29, 1.82) is 0 Å². The van der Waals surface area contributed by atoms with E-state index >= 15 is 0 Å². The van der Waals surface area contributed by atoms with Gasteiger partial charge in [-0.05, 0) is 43.3 Å². The Hall–Kier alpha value is -2.98. The maximum Gasteiger partial charge on any atom is 0.285 e. The van der Waals surface area contributed by atoms with Gasteiger partial charge >= 0.3 is 0 Å². The Bertz CT molecular complexity index is 1110. The average Bonchev–Trinajstić information content (AvgIpc) is 3.03. The third-order valence-electron chi connectivity index (χ3n) is 3.53. The maximum absolute atomic E-state index is 12.4. The van der Waals surface area contributed by atoms with Gasteiger partial charge in [-0.2, -0.15) is 13.5 Å². The lowest BCUT2D eigenvalue weighted by Crippen LogP contribution is -2.26. The number of phenolic OH excluding ortho intramolecular Hbond substituents is 1. The van der Waals surface area contributed by atoms with Gasteiger partial charge in [0.05, 0.1) is 4.90 Å². The summed E-state index contributed by atoms with van der Waals surface area (Å²) in [5, 5.41) is 15.9. The molecule has 0 fully saturated rings. The zero-order valence-electron chi connectivity index (χ0n) is 14.2. The number of hydrogen-bond donors (Lipinski definition) is 2. The lowest BCUT2D eigenvalue weighted by Gasteiger charge is -2.05. The Morgan fingerprint density at radius 3 is 2.52 bits per heavy atom. The highest BCUT2D eigenvalue weighted by atomic mass is 32.2. The quantitative estimate of drug-likeness (QED) is 0.631. The molecular weight excluding hydrogens is 388 g/mol. The number of hydrogen-bond acceptors (Lipinski definition) is 6. The van der Waals surface area contributed by atoms with Gasteiger partial charge in [0.15, 0.2) is 0 Å². The predicted molar refractivity (Wildman–Crippen MR) is 101 cm³/mol. The number of aryl methyl sites for hydroxylation is 1. The minimum absolute atomic E-state index is 0.0709. The number of aromatic nitrogens is 2. The number of rotatable bonds is 5. The second-order valence-corrected chi connectivity index (χ2v) is 8.07. The SMILES string of the molecule is Cc1ccc(S(=O)(=O)/N=c2\scnn2CC(=O)Nc2ccc(O)cc2)cc1. The topological polar surface area (TPSA) is 114 Å². The van der Waals surface area contributed by atoms with E-state index in [1.54, 1.807) is 24.3 Å². The highest BCUT2D eigenvalue weighted by molar-refractivity contribution is 7.90. The molecule has 0 atom stereocenters. The highest BCUT2D eigenvalue weighted by Gasteiger charge is 2.14. The molecule has 0 saturated carbocycles. The molecule has 0 radical (unpaired) electrons. The van der Waals surface area contributed by atoms with Crippen molar-refractivity contribution in [3.63, 3.8) is 0 Å². The summed E-state index contributed by atoms with van der Waals surface area (Å²) in [5.41, 5.74) is 2.85. The van der Waals surface area contributed by atoms with Crippen molar-refractivity contribution < 1.29 is 18.3 Å². The van der Waals surface area contributed by atoms with Crippen LogP contribution in [0.25, 0.3) is 0 Å². The van der Waals surface area contributed by atoms with Crippen LogP contribution in [0, 0.1) is 6.92 Å². The summed E-state index contributed by atoms with van der Waals surface area (Å²) in [6.45, 7) is 1.66. The fourth-order valence-corrected chi connectivity index (χ4v) is 4.00. The van der Waals surface area contributed by atoms with Crippen LogP contribution in [0.5, 0.6) is 5.75 Å². The van der Waals surface area contributed by atoms with E-state index in [9.17, 15) is 18.3 Å². The standard InChI is InChI=1S/C17H16N4O4S2/c1-12-2-8-15(9-3-12)27(24,25)20-17-21(18-11-26-17)10-16(23)19-13-4-6-14(22)7-5-13/h2-9,11,22H,10H2,1H3,(H,19,23)/b20-17-. The van der Waals surface area contributed by atoms with Crippen LogP contribution in [-0.4, -0.2) is 29.2 Å². The molecule has 8 nitrogen and oxygen atoms in total. The van der Waals surface area contributed by atoms with E-state index < -0.39 is 15.9 Å². The van der Waals surface area contributed by atoms with Gasteiger partial charge in [-0.25, -0.2) is 4.68 Å². The number of phenols is 1. The fourth-order valence-electron chi connectivity index (χ4n) is 2.16. The zero-order valence-corrected chi connectivity index (χ0v) is 15.9. The first-order chi connectivity index (χ1) is 12.8. The van der Waals surface area contributed by atoms with E-state index in [-0.39, 0.29) is 22.0 Å². The molecule has 140 valence electrons. The Kier molecular flexibility index (Phi) is 5.38. The van der Waals surface area contributed by atoms with Gasteiger partial charge in [0.25, 0.3) is 10.0 Å². The van der Waals surface area contributed by atoms with Gasteiger partial charge in [-0.3, -0.25) is 4.79 Å². The largest absolute Gasteiger partial charge is 0.508 e. The average molecular weight is 404 g/mol. The predicted octanol–water partition coefficient (Wildman–Crippen LogP) is 1.89. The molecule has 2 N–H and O–H groups in total. The summed E-state index contributed by atoms with van der Waals surface area (Å²) >= 11 is 1.02. The van der Waals surface area contributed by atoms with Crippen molar-refractivity contribution in [3.8, 4) is 5.75 Å². The molecule has 0 unspecified atom stereocenters. The highest BCUT2D eigenvalue weighted by Crippen LogP contribution is 2.14. The molecule has 10 heteroatoms. The lowest BCUT2D eigenvalue weighted by molar-refractivity contribution is -0.117. The van der Waals surface area contributed by atoms with Crippen LogP contribution in [0.15, 0.2) is 63.3 Å². The summed E-state index contributed by atoms with van der Waals surface area (Å²) in [4.78, 5) is 12.3. The van der Waals surface area contributed by atoms with Gasteiger partial charge < -0.3 is 10.4 Å². The van der Waals surface area contributed by atoms with Crippen LogP contribution < -0.4 is 10.1 Å².